The number of halogens is 1. The van der Waals surface area contributed by atoms with Crippen LogP contribution in [0.5, 0.6) is 0 Å². The van der Waals surface area contributed by atoms with E-state index < -0.39 is 0 Å². The average molecular weight is 236 g/mol. The van der Waals surface area contributed by atoms with Gasteiger partial charge in [0, 0.05) is 17.8 Å². The lowest BCUT2D eigenvalue weighted by atomic mass is 10.2. The van der Waals surface area contributed by atoms with E-state index in [1.807, 2.05) is 42.2 Å². The molecule has 4 heteroatoms. The van der Waals surface area contributed by atoms with E-state index in [4.69, 9.17) is 11.6 Å². The summed E-state index contributed by atoms with van der Waals surface area (Å²) in [5.74, 6) is 0. The Bertz CT molecular complexity index is 465. The molecule has 0 saturated carbocycles. The van der Waals surface area contributed by atoms with E-state index in [1.165, 1.54) is 5.69 Å². The second-order valence-corrected chi connectivity index (χ2v) is 4.08. The van der Waals surface area contributed by atoms with E-state index in [0.29, 0.717) is 0 Å². The van der Waals surface area contributed by atoms with E-state index in [1.54, 1.807) is 0 Å². The third-order valence-electron chi connectivity index (χ3n) is 2.38. The van der Waals surface area contributed by atoms with Crippen LogP contribution in [0.25, 0.3) is 0 Å². The Kier molecular flexibility index (Phi) is 3.59. The standard InChI is InChI=1S/C12H14ClN3/c1-14-8-12-5-6-15-16(12)9-10-3-2-4-11(13)7-10/h2-7,14H,8-9H2,1H3. The van der Waals surface area contributed by atoms with Crippen LogP contribution in [-0.2, 0) is 13.1 Å². The monoisotopic (exact) mass is 235 g/mol. The van der Waals surface area contributed by atoms with Crippen molar-refractivity contribution in [1.29, 1.82) is 0 Å². The molecule has 2 aromatic rings. The number of rotatable bonds is 4. The fourth-order valence-corrected chi connectivity index (χ4v) is 1.85. The minimum Gasteiger partial charge on any atom is -0.314 e. The Labute approximate surface area is 100 Å². The van der Waals surface area contributed by atoms with Gasteiger partial charge in [0.2, 0.25) is 0 Å². The van der Waals surface area contributed by atoms with Gasteiger partial charge in [0.15, 0.2) is 0 Å². The molecule has 0 unspecified atom stereocenters. The van der Waals surface area contributed by atoms with Gasteiger partial charge < -0.3 is 5.32 Å². The van der Waals surface area contributed by atoms with Gasteiger partial charge in [-0.2, -0.15) is 5.10 Å². The number of hydrogen-bond acceptors (Lipinski definition) is 2. The van der Waals surface area contributed by atoms with Crippen LogP contribution in [0.1, 0.15) is 11.3 Å². The van der Waals surface area contributed by atoms with Gasteiger partial charge in [0.05, 0.1) is 12.2 Å². The molecule has 2 rings (SSSR count). The van der Waals surface area contributed by atoms with E-state index in [9.17, 15) is 0 Å². The summed E-state index contributed by atoms with van der Waals surface area (Å²) in [7, 11) is 1.93. The van der Waals surface area contributed by atoms with E-state index in [0.717, 1.165) is 23.7 Å². The molecule has 1 heterocycles. The molecule has 0 fully saturated rings. The molecule has 84 valence electrons. The quantitative estimate of drug-likeness (QED) is 0.882. The topological polar surface area (TPSA) is 29.9 Å². The van der Waals surface area contributed by atoms with Gasteiger partial charge in [-0.1, -0.05) is 23.7 Å². The third-order valence-corrected chi connectivity index (χ3v) is 2.62. The smallest absolute Gasteiger partial charge is 0.0663 e. The first-order valence-corrected chi connectivity index (χ1v) is 5.57. The average Bonchev–Trinajstić information content (AvgIpc) is 2.66. The van der Waals surface area contributed by atoms with E-state index in [-0.39, 0.29) is 0 Å². The van der Waals surface area contributed by atoms with Crippen molar-refractivity contribution in [3.63, 3.8) is 0 Å². The van der Waals surface area contributed by atoms with Gasteiger partial charge >= 0.3 is 0 Å². The molecular formula is C12H14ClN3. The molecule has 0 radical (unpaired) electrons. The summed E-state index contributed by atoms with van der Waals surface area (Å²) in [5, 5.41) is 8.18. The maximum absolute atomic E-state index is 5.94. The van der Waals surface area contributed by atoms with Crippen molar-refractivity contribution < 1.29 is 0 Å². The Morgan fingerprint density at radius 3 is 3.00 bits per heavy atom. The van der Waals surface area contributed by atoms with Gasteiger partial charge in [-0.25, -0.2) is 0 Å². The minimum atomic E-state index is 0.755. The second kappa shape index (κ2) is 5.14. The Hall–Kier alpha value is -1.32. The highest BCUT2D eigenvalue weighted by Gasteiger charge is 2.02. The largest absolute Gasteiger partial charge is 0.314 e. The first-order valence-electron chi connectivity index (χ1n) is 5.19. The number of aromatic nitrogens is 2. The normalized spacial score (nSPS) is 10.6. The molecule has 0 atom stereocenters. The maximum atomic E-state index is 5.94. The molecule has 0 aliphatic rings. The molecule has 0 bridgehead atoms. The fourth-order valence-electron chi connectivity index (χ4n) is 1.64. The zero-order chi connectivity index (χ0) is 11.4. The number of nitrogens with one attached hydrogen (secondary N) is 1. The van der Waals surface area contributed by atoms with Crippen molar-refractivity contribution in [2.75, 3.05) is 7.05 Å². The van der Waals surface area contributed by atoms with Crippen molar-refractivity contribution in [2.24, 2.45) is 0 Å². The van der Waals surface area contributed by atoms with Crippen molar-refractivity contribution in [1.82, 2.24) is 15.1 Å². The van der Waals surface area contributed by atoms with Crippen LogP contribution < -0.4 is 5.32 Å². The third kappa shape index (κ3) is 2.62. The predicted molar refractivity (Wildman–Crippen MR) is 65.5 cm³/mol. The van der Waals surface area contributed by atoms with Crippen LogP contribution >= 0.6 is 11.6 Å². The summed E-state index contributed by atoms with van der Waals surface area (Å²) >= 11 is 5.94. The molecular weight excluding hydrogens is 222 g/mol. The number of nitrogens with zero attached hydrogens (tertiary/aromatic N) is 2. The van der Waals surface area contributed by atoms with Gasteiger partial charge in [0.1, 0.15) is 0 Å². The summed E-state index contributed by atoms with van der Waals surface area (Å²) in [4.78, 5) is 0. The van der Waals surface area contributed by atoms with Gasteiger partial charge in [-0.15, -0.1) is 0 Å². The molecule has 0 spiro atoms. The lowest BCUT2D eigenvalue weighted by Gasteiger charge is -2.07. The molecule has 0 amide bonds. The van der Waals surface area contributed by atoms with E-state index >= 15 is 0 Å². The lowest BCUT2D eigenvalue weighted by Crippen LogP contribution is -2.12. The number of benzene rings is 1. The zero-order valence-electron chi connectivity index (χ0n) is 9.15. The van der Waals surface area contributed by atoms with Crippen LogP contribution in [0.4, 0.5) is 0 Å². The number of hydrogen-bond donors (Lipinski definition) is 1. The molecule has 1 aromatic heterocycles. The fraction of sp³-hybridized carbons (Fsp3) is 0.250. The predicted octanol–water partition coefficient (Wildman–Crippen LogP) is 2.30. The van der Waals surface area contributed by atoms with Crippen LogP contribution in [0.15, 0.2) is 36.5 Å². The van der Waals surface area contributed by atoms with Crippen molar-refractivity contribution in [2.45, 2.75) is 13.1 Å². The van der Waals surface area contributed by atoms with Crippen molar-refractivity contribution in [3.8, 4) is 0 Å². The van der Waals surface area contributed by atoms with Crippen LogP contribution in [-0.4, -0.2) is 16.8 Å². The highest BCUT2D eigenvalue weighted by atomic mass is 35.5. The summed E-state index contributed by atoms with van der Waals surface area (Å²) < 4.78 is 1.97. The van der Waals surface area contributed by atoms with Crippen LogP contribution in [0, 0.1) is 0 Å². The molecule has 3 nitrogen and oxygen atoms in total. The molecule has 1 N–H and O–H groups in total. The van der Waals surface area contributed by atoms with E-state index in [2.05, 4.69) is 16.5 Å². The van der Waals surface area contributed by atoms with Gasteiger partial charge in [0.25, 0.3) is 0 Å². The highest BCUT2D eigenvalue weighted by molar-refractivity contribution is 6.30. The Morgan fingerprint density at radius 2 is 2.25 bits per heavy atom. The van der Waals surface area contributed by atoms with Crippen LogP contribution in [0.3, 0.4) is 0 Å². The minimum absolute atomic E-state index is 0.755. The Morgan fingerprint density at radius 1 is 1.38 bits per heavy atom. The highest BCUT2D eigenvalue weighted by Crippen LogP contribution is 2.12. The zero-order valence-corrected chi connectivity index (χ0v) is 9.91. The molecule has 0 aliphatic carbocycles. The SMILES string of the molecule is CNCc1ccnn1Cc1cccc(Cl)c1. The summed E-state index contributed by atoms with van der Waals surface area (Å²) in [6, 6.07) is 9.87. The Balaban J connectivity index is 2.17. The maximum Gasteiger partial charge on any atom is 0.0663 e. The van der Waals surface area contributed by atoms with Gasteiger partial charge in [-0.3, -0.25) is 4.68 Å². The van der Waals surface area contributed by atoms with Crippen molar-refractivity contribution in [3.05, 3.63) is 52.8 Å². The summed E-state index contributed by atoms with van der Waals surface area (Å²) in [6.07, 6.45) is 1.82. The first-order chi connectivity index (χ1) is 7.79. The van der Waals surface area contributed by atoms with Crippen molar-refractivity contribution >= 4 is 11.6 Å². The molecule has 1 aromatic carbocycles. The lowest BCUT2D eigenvalue weighted by molar-refractivity contribution is 0.622. The molecule has 0 aliphatic heterocycles. The molecule has 16 heavy (non-hydrogen) atoms. The van der Waals surface area contributed by atoms with Crippen LogP contribution in [0.2, 0.25) is 5.02 Å². The second-order valence-electron chi connectivity index (χ2n) is 3.64. The molecule has 0 saturated heterocycles. The first kappa shape index (κ1) is 11.2. The summed E-state index contributed by atoms with van der Waals surface area (Å²) in [5.41, 5.74) is 2.33. The summed E-state index contributed by atoms with van der Waals surface area (Å²) in [6.45, 7) is 1.57. The van der Waals surface area contributed by atoms with Gasteiger partial charge in [-0.05, 0) is 30.8 Å².